The molecular formula is C23H33NO3. The summed E-state index contributed by atoms with van der Waals surface area (Å²) in [6.07, 6.45) is 10.0. The number of hydrogen-bond acceptors (Lipinski definition) is 3. The van der Waals surface area contributed by atoms with Crippen molar-refractivity contribution in [3.8, 4) is 5.75 Å². The van der Waals surface area contributed by atoms with Crippen molar-refractivity contribution in [2.24, 2.45) is 11.8 Å². The molecular weight excluding hydrogens is 338 g/mol. The lowest BCUT2D eigenvalue weighted by atomic mass is 9.77. The molecule has 3 aliphatic rings. The van der Waals surface area contributed by atoms with Gasteiger partial charge >= 0.3 is 0 Å². The van der Waals surface area contributed by atoms with Gasteiger partial charge in [0.2, 0.25) is 5.91 Å². The molecule has 2 heterocycles. The zero-order valence-corrected chi connectivity index (χ0v) is 16.6. The molecule has 1 aromatic carbocycles. The third-order valence-electron chi connectivity index (χ3n) is 6.97. The molecule has 1 aromatic rings. The highest BCUT2D eigenvalue weighted by molar-refractivity contribution is 5.79. The van der Waals surface area contributed by atoms with Crippen molar-refractivity contribution < 1.29 is 14.3 Å². The molecule has 27 heavy (non-hydrogen) atoms. The van der Waals surface area contributed by atoms with Crippen LogP contribution in [0.25, 0.3) is 0 Å². The number of rotatable bonds is 4. The summed E-state index contributed by atoms with van der Waals surface area (Å²) < 4.78 is 11.6. The minimum absolute atomic E-state index is 0.00183. The Morgan fingerprint density at radius 1 is 1.15 bits per heavy atom. The van der Waals surface area contributed by atoms with E-state index in [1.165, 1.54) is 18.4 Å². The van der Waals surface area contributed by atoms with Gasteiger partial charge in [-0.1, -0.05) is 25.0 Å². The minimum atomic E-state index is 0.00183. The number of ether oxygens (including phenoxy) is 2. The lowest BCUT2D eigenvalue weighted by Crippen LogP contribution is -2.51. The second-order valence-electron chi connectivity index (χ2n) is 8.75. The standard InChI is InChI=1S/C23H33NO3/c1-26-21-8-6-18(7-9-21)16-19-10-15-27-23(17-19)11-13-24(14-12-23)22(25)20-4-2-3-5-20/h6-9,19-20H,2-5,10-17H2,1H3. The first kappa shape index (κ1) is 18.8. The van der Waals surface area contributed by atoms with Crippen LogP contribution in [-0.2, 0) is 16.0 Å². The van der Waals surface area contributed by atoms with E-state index in [0.29, 0.717) is 17.7 Å². The molecule has 1 unspecified atom stereocenters. The maximum atomic E-state index is 12.7. The topological polar surface area (TPSA) is 38.8 Å². The van der Waals surface area contributed by atoms with E-state index in [9.17, 15) is 4.79 Å². The molecule has 1 saturated carbocycles. The molecule has 0 aromatic heterocycles. The molecule has 0 N–H and O–H groups in total. The third-order valence-corrected chi connectivity index (χ3v) is 6.97. The largest absolute Gasteiger partial charge is 0.497 e. The molecule has 2 aliphatic heterocycles. The second-order valence-corrected chi connectivity index (χ2v) is 8.75. The van der Waals surface area contributed by atoms with Crippen LogP contribution in [0.5, 0.6) is 5.75 Å². The molecule has 1 amide bonds. The van der Waals surface area contributed by atoms with Gasteiger partial charge < -0.3 is 14.4 Å². The van der Waals surface area contributed by atoms with E-state index in [0.717, 1.165) is 70.4 Å². The van der Waals surface area contributed by atoms with Crippen LogP contribution in [0.4, 0.5) is 0 Å². The average Bonchev–Trinajstić information content (AvgIpc) is 3.24. The predicted octanol–water partition coefficient (Wildman–Crippen LogP) is 4.22. The summed E-state index contributed by atoms with van der Waals surface area (Å²) in [5, 5.41) is 0. The van der Waals surface area contributed by atoms with Gasteiger partial charge in [0.15, 0.2) is 0 Å². The van der Waals surface area contributed by atoms with Crippen LogP contribution in [0.15, 0.2) is 24.3 Å². The van der Waals surface area contributed by atoms with Crippen molar-refractivity contribution in [2.75, 3.05) is 26.8 Å². The van der Waals surface area contributed by atoms with Crippen molar-refractivity contribution in [1.29, 1.82) is 0 Å². The first-order valence-corrected chi connectivity index (χ1v) is 10.7. The van der Waals surface area contributed by atoms with Crippen molar-refractivity contribution in [1.82, 2.24) is 4.90 Å². The number of benzene rings is 1. The van der Waals surface area contributed by atoms with Gasteiger partial charge in [-0.25, -0.2) is 0 Å². The van der Waals surface area contributed by atoms with E-state index >= 15 is 0 Å². The molecule has 0 bridgehead atoms. The summed E-state index contributed by atoms with van der Waals surface area (Å²) in [6.45, 7) is 2.62. The number of nitrogens with zero attached hydrogens (tertiary/aromatic N) is 1. The van der Waals surface area contributed by atoms with Crippen LogP contribution in [0.1, 0.15) is 56.9 Å². The Hall–Kier alpha value is -1.55. The Balaban J connectivity index is 1.31. The molecule has 4 rings (SSSR count). The van der Waals surface area contributed by atoms with Gasteiger partial charge in [-0.3, -0.25) is 4.79 Å². The van der Waals surface area contributed by atoms with E-state index in [1.807, 2.05) is 0 Å². The van der Waals surface area contributed by atoms with Crippen LogP contribution >= 0.6 is 0 Å². The quantitative estimate of drug-likeness (QED) is 0.796. The zero-order chi connectivity index (χ0) is 18.7. The number of carbonyl (C=O) groups excluding carboxylic acids is 1. The summed E-state index contributed by atoms with van der Waals surface area (Å²) >= 11 is 0. The fourth-order valence-corrected chi connectivity index (χ4v) is 5.31. The maximum Gasteiger partial charge on any atom is 0.225 e. The van der Waals surface area contributed by atoms with Crippen molar-refractivity contribution in [3.05, 3.63) is 29.8 Å². The fraction of sp³-hybridized carbons (Fsp3) is 0.696. The normalized spacial score (nSPS) is 25.7. The summed E-state index contributed by atoms with van der Waals surface area (Å²) in [7, 11) is 1.71. The van der Waals surface area contributed by atoms with E-state index < -0.39 is 0 Å². The van der Waals surface area contributed by atoms with Gasteiger partial charge in [0.05, 0.1) is 12.7 Å². The summed E-state index contributed by atoms with van der Waals surface area (Å²) in [6, 6.07) is 8.47. The molecule has 1 atom stereocenters. The summed E-state index contributed by atoms with van der Waals surface area (Å²) in [5.41, 5.74) is 1.38. The molecule has 1 spiro atoms. The molecule has 2 saturated heterocycles. The molecule has 148 valence electrons. The zero-order valence-electron chi connectivity index (χ0n) is 16.6. The lowest BCUT2D eigenvalue weighted by Gasteiger charge is -2.46. The number of hydrogen-bond donors (Lipinski definition) is 0. The highest BCUT2D eigenvalue weighted by Gasteiger charge is 2.42. The van der Waals surface area contributed by atoms with E-state index in [1.54, 1.807) is 7.11 Å². The van der Waals surface area contributed by atoms with Crippen LogP contribution in [0.2, 0.25) is 0 Å². The Kier molecular flexibility index (Phi) is 5.72. The van der Waals surface area contributed by atoms with E-state index in [4.69, 9.17) is 9.47 Å². The van der Waals surface area contributed by atoms with Crippen LogP contribution in [0.3, 0.4) is 0 Å². The van der Waals surface area contributed by atoms with Gasteiger partial charge in [0.25, 0.3) is 0 Å². The molecule has 0 radical (unpaired) electrons. The van der Waals surface area contributed by atoms with Gasteiger partial charge in [-0.2, -0.15) is 0 Å². The monoisotopic (exact) mass is 371 g/mol. The van der Waals surface area contributed by atoms with E-state index in [-0.39, 0.29) is 5.60 Å². The number of methoxy groups -OCH3 is 1. The second kappa shape index (κ2) is 8.22. The number of amides is 1. The number of carbonyl (C=O) groups is 1. The van der Waals surface area contributed by atoms with Gasteiger partial charge in [0, 0.05) is 25.6 Å². The number of piperidine rings is 1. The Morgan fingerprint density at radius 2 is 1.85 bits per heavy atom. The fourth-order valence-electron chi connectivity index (χ4n) is 5.31. The van der Waals surface area contributed by atoms with Crippen molar-refractivity contribution >= 4 is 5.91 Å². The smallest absolute Gasteiger partial charge is 0.225 e. The maximum absolute atomic E-state index is 12.7. The minimum Gasteiger partial charge on any atom is -0.497 e. The lowest BCUT2D eigenvalue weighted by molar-refractivity contribution is -0.150. The van der Waals surface area contributed by atoms with Crippen LogP contribution in [0, 0.1) is 11.8 Å². The predicted molar refractivity (Wildman–Crippen MR) is 106 cm³/mol. The summed E-state index contributed by atoms with van der Waals surface area (Å²) in [5.74, 6) is 2.30. The van der Waals surface area contributed by atoms with Gasteiger partial charge in [-0.05, 0) is 68.6 Å². The summed E-state index contributed by atoms with van der Waals surface area (Å²) in [4.78, 5) is 14.8. The van der Waals surface area contributed by atoms with Crippen molar-refractivity contribution in [2.45, 2.75) is 63.4 Å². The van der Waals surface area contributed by atoms with E-state index in [2.05, 4.69) is 29.2 Å². The Morgan fingerprint density at radius 3 is 2.52 bits per heavy atom. The third kappa shape index (κ3) is 4.31. The van der Waals surface area contributed by atoms with Crippen LogP contribution in [-0.4, -0.2) is 43.2 Å². The highest BCUT2D eigenvalue weighted by atomic mass is 16.5. The molecule has 4 heteroatoms. The van der Waals surface area contributed by atoms with Gasteiger partial charge in [-0.15, -0.1) is 0 Å². The molecule has 3 fully saturated rings. The van der Waals surface area contributed by atoms with Crippen LogP contribution < -0.4 is 4.74 Å². The first-order valence-electron chi connectivity index (χ1n) is 10.7. The Labute approximate surface area is 163 Å². The average molecular weight is 372 g/mol. The van der Waals surface area contributed by atoms with Gasteiger partial charge in [0.1, 0.15) is 5.75 Å². The first-order chi connectivity index (χ1) is 13.2. The highest BCUT2D eigenvalue weighted by Crippen LogP contribution is 2.39. The number of likely N-dealkylation sites (tertiary alicyclic amines) is 1. The molecule has 1 aliphatic carbocycles. The Bertz CT molecular complexity index is 628. The molecule has 4 nitrogen and oxygen atoms in total. The van der Waals surface area contributed by atoms with Crippen molar-refractivity contribution in [3.63, 3.8) is 0 Å². The SMILES string of the molecule is COc1ccc(CC2CCOC3(CCN(C(=O)C4CCCC4)CC3)C2)cc1.